The summed E-state index contributed by atoms with van der Waals surface area (Å²) in [4.78, 5) is 2.48. The fraction of sp³-hybridized carbons (Fsp3) is 0.882. The fourth-order valence-corrected chi connectivity index (χ4v) is 5.49. The van der Waals surface area contributed by atoms with Gasteiger partial charge in [0.15, 0.2) is 0 Å². The second-order valence-corrected chi connectivity index (χ2v) is 7.66. The Labute approximate surface area is 117 Å². The Kier molecular flexibility index (Phi) is 3.30. The van der Waals surface area contributed by atoms with Gasteiger partial charge in [-0.15, -0.1) is 0 Å². The molecule has 108 valence electrons. The van der Waals surface area contributed by atoms with Crippen molar-refractivity contribution in [2.45, 2.75) is 33.6 Å². The third-order valence-corrected chi connectivity index (χ3v) is 6.60. The molecule has 0 aromatic rings. The van der Waals surface area contributed by atoms with E-state index >= 15 is 0 Å². The van der Waals surface area contributed by atoms with Crippen LogP contribution in [0.5, 0.6) is 0 Å². The molecule has 1 aliphatic heterocycles. The van der Waals surface area contributed by atoms with Crippen molar-refractivity contribution < 1.29 is 5.11 Å². The number of aliphatic hydroxyl groups is 1. The zero-order valence-electron chi connectivity index (χ0n) is 12.7. The first-order valence-corrected chi connectivity index (χ1v) is 8.01. The molecule has 4 bridgehead atoms. The number of nitrogens with zero attached hydrogens (tertiary/aromatic N) is 1. The van der Waals surface area contributed by atoms with Crippen molar-refractivity contribution >= 4 is 0 Å². The molecule has 0 spiro atoms. The van der Waals surface area contributed by atoms with Crippen LogP contribution in [-0.2, 0) is 0 Å². The highest BCUT2D eigenvalue weighted by atomic mass is 16.3. The van der Waals surface area contributed by atoms with Gasteiger partial charge in [0.1, 0.15) is 0 Å². The van der Waals surface area contributed by atoms with Crippen LogP contribution in [0, 0.1) is 35.0 Å². The normalized spacial score (nSPS) is 46.1. The van der Waals surface area contributed by atoms with Crippen LogP contribution in [0.1, 0.15) is 33.6 Å². The van der Waals surface area contributed by atoms with E-state index in [0.717, 1.165) is 36.8 Å². The van der Waals surface area contributed by atoms with E-state index in [2.05, 4.69) is 32.3 Å². The minimum atomic E-state index is 0.293. The molecule has 5 atom stereocenters. The summed E-state index contributed by atoms with van der Waals surface area (Å²) in [7, 11) is 0. The first-order valence-electron chi connectivity index (χ1n) is 8.01. The van der Waals surface area contributed by atoms with Crippen molar-refractivity contribution in [3.63, 3.8) is 0 Å². The van der Waals surface area contributed by atoms with Gasteiger partial charge in [0.25, 0.3) is 0 Å². The predicted molar refractivity (Wildman–Crippen MR) is 78.8 cm³/mol. The Morgan fingerprint density at radius 1 is 1.42 bits per heavy atom. The maximum absolute atomic E-state index is 9.22. The van der Waals surface area contributed by atoms with Crippen molar-refractivity contribution in [2.24, 2.45) is 35.0 Å². The van der Waals surface area contributed by atoms with Crippen LogP contribution in [0.3, 0.4) is 0 Å². The lowest BCUT2D eigenvalue weighted by molar-refractivity contribution is -0.0113. The zero-order valence-corrected chi connectivity index (χ0v) is 12.7. The van der Waals surface area contributed by atoms with Crippen LogP contribution in [0.4, 0.5) is 0 Å². The first-order chi connectivity index (χ1) is 8.99. The van der Waals surface area contributed by atoms with Gasteiger partial charge < -0.3 is 10.0 Å². The van der Waals surface area contributed by atoms with E-state index in [1.54, 1.807) is 0 Å². The lowest BCUT2D eigenvalue weighted by Gasteiger charge is -2.49. The van der Waals surface area contributed by atoms with Crippen molar-refractivity contribution in [3.05, 3.63) is 12.2 Å². The molecule has 0 amide bonds. The summed E-state index contributed by atoms with van der Waals surface area (Å²) in [6, 6.07) is 0. The zero-order chi connectivity index (χ0) is 13.8. The van der Waals surface area contributed by atoms with Gasteiger partial charge >= 0.3 is 0 Å². The Bertz CT molecular complexity index is 377. The van der Waals surface area contributed by atoms with Crippen LogP contribution in [-0.4, -0.2) is 36.2 Å². The fourth-order valence-electron chi connectivity index (χ4n) is 5.49. The second-order valence-electron chi connectivity index (χ2n) is 7.66. The molecule has 3 fully saturated rings. The SMILES string of the molecule is C=C1C2CN(CCO)CC3C2C(C(C)C)CCC13C. The summed E-state index contributed by atoms with van der Waals surface area (Å²) >= 11 is 0. The maximum atomic E-state index is 9.22. The third kappa shape index (κ3) is 1.83. The highest BCUT2D eigenvalue weighted by Gasteiger charge is 2.60. The van der Waals surface area contributed by atoms with Crippen molar-refractivity contribution in [1.82, 2.24) is 4.90 Å². The molecular weight excluding hydrogens is 234 g/mol. The summed E-state index contributed by atoms with van der Waals surface area (Å²) in [6.45, 7) is 15.2. The summed E-state index contributed by atoms with van der Waals surface area (Å²) in [5.41, 5.74) is 1.91. The van der Waals surface area contributed by atoms with Gasteiger partial charge in [0.05, 0.1) is 6.61 Å². The highest BCUT2D eigenvalue weighted by molar-refractivity contribution is 5.29. The van der Waals surface area contributed by atoms with Gasteiger partial charge in [0.2, 0.25) is 0 Å². The van der Waals surface area contributed by atoms with Crippen molar-refractivity contribution in [2.75, 3.05) is 26.2 Å². The molecule has 2 aliphatic carbocycles. The molecule has 0 aromatic heterocycles. The lowest BCUT2D eigenvalue weighted by atomic mass is 9.60. The van der Waals surface area contributed by atoms with Gasteiger partial charge in [-0.3, -0.25) is 0 Å². The van der Waals surface area contributed by atoms with Crippen LogP contribution in [0.2, 0.25) is 0 Å². The largest absolute Gasteiger partial charge is 0.395 e. The number of rotatable bonds is 3. The molecule has 2 nitrogen and oxygen atoms in total. The van der Waals surface area contributed by atoms with Gasteiger partial charge in [-0.2, -0.15) is 0 Å². The molecule has 19 heavy (non-hydrogen) atoms. The van der Waals surface area contributed by atoms with E-state index in [-0.39, 0.29) is 0 Å². The van der Waals surface area contributed by atoms with Gasteiger partial charge in [-0.25, -0.2) is 0 Å². The third-order valence-electron chi connectivity index (χ3n) is 6.60. The smallest absolute Gasteiger partial charge is 0.0558 e. The Hall–Kier alpha value is -0.340. The number of β-amino-alcohol motifs (C(OH)–C–C–N with tert-alkyl or cyclic N) is 1. The summed E-state index contributed by atoms with van der Waals surface area (Å²) in [5, 5.41) is 9.22. The molecule has 3 rings (SSSR count). The number of piperidine rings is 1. The van der Waals surface area contributed by atoms with E-state index in [1.165, 1.54) is 25.0 Å². The average Bonchev–Trinajstić information content (AvgIpc) is 2.48. The quantitative estimate of drug-likeness (QED) is 0.792. The van der Waals surface area contributed by atoms with Crippen LogP contribution >= 0.6 is 0 Å². The van der Waals surface area contributed by atoms with Gasteiger partial charge in [-0.1, -0.05) is 32.9 Å². The monoisotopic (exact) mass is 263 g/mol. The number of aliphatic hydroxyl groups excluding tert-OH is 1. The molecule has 1 heterocycles. The lowest BCUT2D eigenvalue weighted by Crippen LogP contribution is -2.50. The second kappa shape index (κ2) is 4.60. The molecule has 3 aliphatic rings. The molecule has 2 heteroatoms. The standard InChI is InChI=1S/C17H29NO/c1-11(2)13-5-6-17(4)12(3)14-9-18(7-8-19)10-15(17)16(13)14/h11,13-16,19H,3,5-10H2,1-2,4H3. The topological polar surface area (TPSA) is 23.5 Å². The number of likely N-dealkylation sites (tertiary alicyclic amines) is 1. The van der Waals surface area contributed by atoms with Gasteiger partial charge in [-0.05, 0) is 47.8 Å². The number of hydrogen-bond acceptors (Lipinski definition) is 2. The minimum absolute atomic E-state index is 0.293. The Balaban J connectivity index is 1.91. The van der Waals surface area contributed by atoms with Crippen LogP contribution in [0.25, 0.3) is 0 Å². The Morgan fingerprint density at radius 3 is 2.79 bits per heavy atom. The molecule has 1 saturated heterocycles. The molecule has 1 N–H and O–H groups in total. The van der Waals surface area contributed by atoms with E-state index in [0.29, 0.717) is 17.9 Å². The van der Waals surface area contributed by atoms with E-state index in [4.69, 9.17) is 0 Å². The number of hydrogen-bond donors (Lipinski definition) is 1. The molecule has 0 aromatic carbocycles. The highest BCUT2D eigenvalue weighted by Crippen LogP contribution is 2.65. The van der Waals surface area contributed by atoms with E-state index in [9.17, 15) is 5.11 Å². The molecule has 2 saturated carbocycles. The average molecular weight is 263 g/mol. The summed E-state index contributed by atoms with van der Waals surface area (Å²) in [6.07, 6.45) is 2.73. The van der Waals surface area contributed by atoms with Crippen molar-refractivity contribution in [3.8, 4) is 0 Å². The molecular formula is C17H29NO. The van der Waals surface area contributed by atoms with Crippen LogP contribution in [0.15, 0.2) is 12.2 Å². The van der Waals surface area contributed by atoms with Crippen LogP contribution < -0.4 is 0 Å². The minimum Gasteiger partial charge on any atom is -0.395 e. The predicted octanol–water partition coefficient (Wildman–Crippen LogP) is 2.79. The summed E-state index contributed by atoms with van der Waals surface area (Å²) < 4.78 is 0. The van der Waals surface area contributed by atoms with Crippen molar-refractivity contribution in [1.29, 1.82) is 0 Å². The maximum Gasteiger partial charge on any atom is 0.0558 e. The Morgan fingerprint density at radius 2 is 2.16 bits per heavy atom. The van der Waals surface area contributed by atoms with E-state index < -0.39 is 0 Å². The van der Waals surface area contributed by atoms with Gasteiger partial charge in [0, 0.05) is 19.6 Å². The molecule has 0 radical (unpaired) electrons. The molecule has 5 unspecified atom stereocenters. The first kappa shape index (κ1) is 13.6. The van der Waals surface area contributed by atoms with E-state index in [1.807, 2.05) is 0 Å². The summed E-state index contributed by atoms with van der Waals surface area (Å²) in [5.74, 6) is 4.02.